The van der Waals surface area contributed by atoms with Gasteiger partial charge in [0.05, 0.1) is 11.1 Å². The van der Waals surface area contributed by atoms with Crippen molar-refractivity contribution >= 4 is 5.97 Å². The van der Waals surface area contributed by atoms with Gasteiger partial charge in [-0.05, 0) is 39.7 Å². The molecule has 1 aliphatic heterocycles. The molecule has 5 nitrogen and oxygen atoms in total. The lowest BCUT2D eigenvalue weighted by Gasteiger charge is -2.31. The summed E-state index contributed by atoms with van der Waals surface area (Å²) in [4.78, 5) is 14.1. The van der Waals surface area contributed by atoms with E-state index in [-0.39, 0.29) is 12.0 Å². The highest BCUT2D eigenvalue weighted by molar-refractivity contribution is 5.75. The lowest BCUT2D eigenvalue weighted by atomic mass is 9.76. The monoisotopic (exact) mass is 293 g/mol. The number of likely N-dealkylation sites (tertiary alicyclic amines) is 1. The van der Waals surface area contributed by atoms with Gasteiger partial charge in [-0.15, -0.1) is 0 Å². The fraction of sp³-hybridized carbons (Fsp3) is 0.750. The Balaban J connectivity index is 2.27. The maximum atomic E-state index is 11.8. The van der Waals surface area contributed by atoms with Gasteiger partial charge < -0.3 is 5.11 Å². The minimum absolute atomic E-state index is 0.142. The van der Waals surface area contributed by atoms with Crippen LogP contribution in [0.2, 0.25) is 0 Å². The summed E-state index contributed by atoms with van der Waals surface area (Å²) >= 11 is 0. The first kappa shape index (κ1) is 16.0. The number of carboxylic acids is 1. The van der Waals surface area contributed by atoms with Gasteiger partial charge in [-0.1, -0.05) is 13.8 Å². The second kappa shape index (κ2) is 5.44. The molecule has 0 saturated carbocycles. The fourth-order valence-corrected chi connectivity index (χ4v) is 3.66. The Morgan fingerprint density at radius 1 is 1.33 bits per heavy atom. The number of aromatic nitrogens is 2. The third-order valence-electron chi connectivity index (χ3n) is 5.39. The molecular weight excluding hydrogens is 266 g/mol. The summed E-state index contributed by atoms with van der Waals surface area (Å²) in [5.74, 6) is -0.518. The van der Waals surface area contributed by atoms with E-state index in [0.717, 1.165) is 24.4 Å². The minimum atomic E-state index is -0.660. The number of hydrogen-bond donors (Lipinski definition) is 1. The Morgan fingerprint density at radius 3 is 2.33 bits per heavy atom. The number of carboxylic acid groups (broad SMARTS) is 1. The molecule has 1 aromatic rings. The van der Waals surface area contributed by atoms with Crippen molar-refractivity contribution in [1.82, 2.24) is 14.7 Å². The van der Waals surface area contributed by atoms with Crippen LogP contribution in [0, 0.1) is 25.2 Å². The first-order chi connectivity index (χ1) is 9.70. The molecule has 2 unspecified atom stereocenters. The Bertz CT molecular complexity index is 550. The summed E-state index contributed by atoms with van der Waals surface area (Å²) < 4.78 is 1.91. The smallest absolute Gasteiger partial charge is 0.311 e. The molecule has 1 saturated heterocycles. The van der Waals surface area contributed by atoms with Crippen molar-refractivity contribution in [2.24, 2.45) is 18.4 Å². The van der Waals surface area contributed by atoms with E-state index in [1.165, 1.54) is 5.56 Å². The topological polar surface area (TPSA) is 58.4 Å². The number of carbonyl (C=O) groups is 1. The lowest BCUT2D eigenvalue weighted by Crippen LogP contribution is -2.39. The van der Waals surface area contributed by atoms with Crippen LogP contribution in [0.4, 0.5) is 0 Å². The first-order valence-corrected chi connectivity index (χ1v) is 7.68. The van der Waals surface area contributed by atoms with Crippen molar-refractivity contribution in [3.05, 3.63) is 17.0 Å². The molecule has 2 atom stereocenters. The molecule has 2 heterocycles. The van der Waals surface area contributed by atoms with Crippen molar-refractivity contribution < 1.29 is 9.90 Å². The zero-order valence-corrected chi connectivity index (χ0v) is 14.0. The maximum absolute atomic E-state index is 11.8. The van der Waals surface area contributed by atoms with E-state index in [2.05, 4.69) is 23.8 Å². The molecule has 0 aromatic carbocycles. The highest BCUT2D eigenvalue weighted by Crippen LogP contribution is 2.42. The Hall–Kier alpha value is -1.36. The quantitative estimate of drug-likeness (QED) is 0.927. The molecule has 2 rings (SSSR count). The summed E-state index contributed by atoms with van der Waals surface area (Å²) in [7, 11) is 1.96. The van der Waals surface area contributed by atoms with Gasteiger partial charge in [-0.2, -0.15) is 5.10 Å². The molecule has 1 fully saturated rings. The molecule has 1 aliphatic rings. The van der Waals surface area contributed by atoms with Crippen molar-refractivity contribution in [1.29, 1.82) is 0 Å². The minimum Gasteiger partial charge on any atom is -0.481 e. The third kappa shape index (κ3) is 2.48. The summed E-state index contributed by atoms with van der Waals surface area (Å²) in [6, 6.07) is 0.207. The van der Waals surface area contributed by atoms with Crippen LogP contribution in [-0.4, -0.2) is 38.8 Å². The molecule has 1 aromatic heterocycles. The van der Waals surface area contributed by atoms with Gasteiger partial charge >= 0.3 is 5.97 Å². The number of rotatable bonds is 4. The van der Waals surface area contributed by atoms with Crippen LogP contribution in [-0.2, 0) is 11.8 Å². The van der Waals surface area contributed by atoms with Gasteiger partial charge in [-0.3, -0.25) is 14.4 Å². The molecule has 21 heavy (non-hydrogen) atoms. The Labute approximate surface area is 126 Å². The second-order valence-corrected chi connectivity index (χ2v) is 6.72. The SMILES string of the molecule is Cc1nn(C)c(C)c1C(C)N1CCC(C(=O)O)(C(C)C)C1. The molecule has 0 amide bonds. The van der Waals surface area contributed by atoms with Crippen LogP contribution < -0.4 is 0 Å². The van der Waals surface area contributed by atoms with E-state index in [1.54, 1.807) is 0 Å². The number of hydrogen-bond acceptors (Lipinski definition) is 3. The van der Waals surface area contributed by atoms with E-state index in [0.29, 0.717) is 6.54 Å². The van der Waals surface area contributed by atoms with E-state index in [9.17, 15) is 9.90 Å². The average Bonchev–Trinajstić information content (AvgIpc) is 2.93. The van der Waals surface area contributed by atoms with Gasteiger partial charge in [0.1, 0.15) is 0 Å². The van der Waals surface area contributed by atoms with Gasteiger partial charge in [0, 0.05) is 30.9 Å². The van der Waals surface area contributed by atoms with Crippen molar-refractivity contribution in [2.45, 2.75) is 47.1 Å². The van der Waals surface area contributed by atoms with Crippen LogP contribution in [0.5, 0.6) is 0 Å². The van der Waals surface area contributed by atoms with E-state index in [1.807, 2.05) is 32.5 Å². The maximum Gasteiger partial charge on any atom is 0.311 e. The molecule has 0 bridgehead atoms. The lowest BCUT2D eigenvalue weighted by molar-refractivity contribution is -0.151. The zero-order chi connectivity index (χ0) is 15.9. The van der Waals surface area contributed by atoms with Crippen LogP contribution in [0.15, 0.2) is 0 Å². The number of aliphatic carboxylic acids is 1. The molecule has 0 spiro atoms. The third-order valence-corrected chi connectivity index (χ3v) is 5.39. The summed E-state index contributed by atoms with van der Waals surface area (Å²) in [6.45, 7) is 11.8. The largest absolute Gasteiger partial charge is 0.481 e. The molecule has 0 aliphatic carbocycles. The van der Waals surface area contributed by atoms with E-state index < -0.39 is 11.4 Å². The van der Waals surface area contributed by atoms with Crippen LogP contribution in [0.3, 0.4) is 0 Å². The Kier molecular flexibility index (Phi) is 4.15. The fourth-order valence-electron chi connectivity index (χ4n) is 3.66. The zero-order valence-electron chi connectivity index (χ0n) is 14.0. The van der Waals surface area contributed by atoms with Crippen LogP contribution in [0.25, 0.3) is 0 Å². The van der Waals surface area contributed by atoms with Gasteiger partial charge in [0.25, 0.3) is 0 Å². The summed E-state index contributed by atoms with van der Waals surface area (Å²) in [5, 5.41) is 14.2. The van der Waals surface area contributed by atoms with Crippen molar-refractivity contribution in [2.75, 3.05) is 13.1 Å². The van der Waals surface area contributed by atoms with Gasteiger partial charge in [0.2, 0.25) is 0 Å². The van der Waals surface area contributed by atoms with Crippen LogP contribution in [0.1, 0.15) is 50.2 Å². The molecule has 1 N–H and O–H groups in total. The van der Waals surface area contributed by atoms with E-state index in [4.69, 9.17) is 0 Å². The molecule has 118 valence electrons. The molecule has 0 radical (unpaired) electrons. The normalized spacial score (nSPS) is 24.7. The Morgan fingerprint density at radius 2 is 1.95 bits per heavy atom. The van der Waals surface area contributed by atoms with Gasteiger partial charge in [-0.25, -0.2) is 0 Å². The second-order valence-electron chi connectivity index (χ2n) is 6.72. The highest BCUT2D eigenvalue weighted by Gasteiger charge is 2.48. The van der Waals surface area contributed by atoms with Crippen LogP contribution >= 0.6 is 0 Å². The summed E-state index contributed by atoms with van der Waals surface area (Å²) in [5.41, 5.74) is 2.83. The standard InChI is InChI=1S/C16H27N3O2/c1-10(2)16(15(20)21)7-8-19(9-16)13(5)14-11(3)17-18(6)12(14)4/h10,13H,7-9H2,1-6H3,(H,20,21). The first-order valence-electron chi connectivity index (χ1n) is 7.68. The van der Waals surface area contributed by atoms with Gasteiger partial charge in [0.15, 0.2) is 0 Å². The average molecular weight is 293 g/mol. The predicted octanol–water partition coefficient (Wildman–Crippen LogP) is 2.53. The predicted molar refractivity (Wildman–Crippen MR) is 82.2 cm³/mol. The summed E-state index contributed by atoms with van der Waals surface area (Å²) in [6.07, 6.45) is 0.725. The van der Waals surface area contributed by atoms with Crippen molar-refractivity contribution in [3.8, 4) is 0 Å². The van der Waals surface area contributed by atoms with E-state index >= 15 is 0 Å². The highest BCUT2D eigenvalue weighted by atomic mass is 16.4. The van der Waals surface area contributed by atoms with Crippen molar-refractivity contribution in [3.63, 3.8) is 0 Å². The number of aryl methyl sites for hydroxylation is 2. The molecule has 5 heteroatoms. The number of nitrogens with zero attached hydrogens (tertiary/aromatic N) is 3. The molecular formula is C16H27N3O2.